The van der Waals surface area contributed by atoms with Gasteiger partial charge in [0.1, 0.15) is 5.78 Å². The van der Waals surface area contributed by atoms with Crippen molar-refractivity contribution in [1.82, 2.24) is 9.80 Å². The monoisotopic (exact) mass is 410 g/mol. The van der Waals surface area contributed by atoms with Gasteiger partial charge < -0.3 is 4.79 Å². The number of amides is 2. The zero-order chi connectivity index (χ0) is 20.7. The molecule has 6 nitrogen and oxygen atoms in total. The van der Waals surface area contributed by atoms with Gasteiger partial charge in [0.2, 0.25) is 11.8 Å². The van der Waals surface area contributed by atoms with Crippen molar-refractivity contribution in [2.75, 3.05) is 25.4 Å². The lowest BCUT2D eigenvalue weighted by molar-refractivity contribution is -0.138. The molecule has 0 radical (unpaired) electrons. The Bertz CT molecular complexity index is 587. The van der Waals surface area contributed by atoms with Crippen LogP contribution in [0, 0.1) is 5.92 Å². The quantitative estimate of drug-likeness (QED) is 0.324. The molecule has 2 atom stereocenters. The lowest BCUT2D eigenvalue weighted by Crippen LogP contribution is -2.44. The minimum absolute atomic E-state index is 0.109. The van der Waals surface area contributed by atoms with E-state index in [-0.39, 0.29) is 41.2 Å². The van der Waals surface area contributed by atoms with Crippen molar-refractivity contribution in [3.8, 4) is 0 Å². The van der Waals surface area contributed by atoms with E-state index >= 15 is 0 Å². The SMILES string of the molecule is CCN(CC)[C@@H](CSC1CC(=O)N(CCCCCC(C)=O)C1=O)C(=O)C1CC1. The van der Waals surface area contributed by atoms with Gasteiger partial charge in [-0.25, -0.2) is 0 Å². The fourth-order valence-electron chi connectivity index (χ4n) is 3.72. The second kappa shape index (κ2) is 11.1. The standard InChI is InChI=1S/C21H34N2O4S/c1-4-22(5-2)17(20(26)16-10-11-16)14-28-18-13-19(25)23(21(18)27)12-8-6-7-9-15(3)24/h16-18H,4-14H2,1-3H3/t17-,18?/m0/s1. The van der Waals surface area contributed by atoms with Gasteiger partial charge in [0, 0.05) is 31.1 Å². The van der Waals surface area contributed by atoms with E-state index < -0.39 is 0 Å². The molecule has 2 aliphatic rings. The Morgan fingerprint density at radius 2 is 1.82 bits per heavy atom. The van der Waals surface area contributed by atoms with E-state index in [1.807, 2.05) is 0 Å². The molecule has 0 spiro atoms. The number of hydrogen-bond acceptors (Lipinski definition) is 6. The summed E-state index contributed by atoms with van der Waals surface area (Å²) in [5.41, 5.74) is 0. The normalized spacial score (nSPS) is 20.9. The molecule has 7 heteroatoms. The molecule has 28 heavy (non-hydrogen) atoms. The fourth-order valence-corrected chi connectivity index (χ4v) is 5.04. The first-order valence-electron chi connectivity index (χ1n) is 10.6. The third-order valence-corrected chi connectivity index (χ3v) is 6.91. The van der Waals surface area contributed by atoms with Gasteiger partial charge in [0.25, 0.3) is 0 Å². The summed E-state index contributed by atoms with van der Waals surface area (Å²) in [6, 6.07) is -0.156. The molecule has 2 rings (SSSR count). The highest BCUT2D eigenvalue weighted by Gasteiger charge is 2.41. The summed E-state index contributed by atoms with van der Waals surface area (Å²) in [5.74, 6) is 1.02. The molecule has 0 N–H and O–H groups in total. The number of carbonyl (C=O) groups is 4. The van der Waals surface area contributed by atoms with Crippen LogP contribution >= 0.6 is 11.8 Å². The zero-order valence-corrected chi connectivity index (χ0v) is 18.3. The molecule has 2 amide bonds. The Morgan fingerprint density at radius 1 is 1.14 bits per heavy atom. The Kier molecular flexibility index (Phi) is 9.15. The number of Topliss-reactive ketones (excluding diaryl/α,β-unsaturated/α-hetero) is 2. The van der Waals surface area contributed by atoms with Gasteiger partial charge in [-0.3, -0.25) is 24.2 Å². The summed E-state index contributed by atoms with van der Waals surface area (Å²) in [6.07, 6.45) is 5.15. The van der Waals surface area contributed by atoms with Crippen molar-refractivity contribution >= 4 is 35.1 Å². The van der Waals surface area contributed by atoms with E-state index in [9.17, 15) is 19.2 Å². The van der Waals surface area contributed by atoms with Crippen molar-refractivity contribution in [2.24, 2.45) is 5.92 Å². The average molecular weight is 411 g/mol. The van der Waals surface area contributed by atoms with Crippen LogP contribution in [0.15, 0.2) is 0 Å². The van der Waals surface area contributed by atoms with Crippen LogP contribution in [-0.2, 0) is 19.2 Å². The number of unbranched alkanes of at least 4 members (excludes halogenated alkanes) is 2. The molecular weight excluding hydrogens is 376 g/mol. The van der Waals surface area contributed by atoms with Crippen LogP contribution in [0.3, 0.4) is 0 Å². The number of nitrogens with zero attached hydrogens (tertiary/aromatic N) is 2. The summed E-state index contributed by atoms with van der Waals surface area (Å²) in [6.45, 7) is 7.75. The Labute approximate surface area is 172 Å². The maximum atomic E-state index is 12.7. The maximum Gasteiger partial charge on any atom is 0.242 e. The van der Waals surface area contributed by atoms with Crippen LogP contribution in [0.1, 0.15) is 65.7 Å². The van der Waals surface area contributed by atoms with Gasteiger partial charge in [0.15, 0.2) is 5.78 Å². The topological polar surface area (TPSA) is 74.8 Å². The molecule has 0 aromatic rings. The lowest BCUT2D eigenvalue weighted by atomic mass is 10.1. The van der Waals surface area contributed by atoms with Crippen LogP contribution in [0.5, 0.6) is 0 Å². The molecule has 1 saturated heterocycles. The zero-order valence-electron chi connectivity index (χ0n) is 17.4. The molecular formula is C21H34N2O4S. The molecule has 0 aromatic carbocycles. The number of likely N-dealkylation sites (N-methyl/N-ethyl adjacent to an activating group) is 1. The third-order valence-electron chi connectivity index (χ3n) is 5.63. The van der Waals surface area contributed by atoms with Gasteiger partial charge in [-0.05, 0) is 45.7 Å². The van der Waals surface area contributed by atoms with Crippen LogP contribution in [0.25, 0.3) is 0 Å². The van der Waals surface area contributed by atoms with Gasteiger partial charge in [0.05, 0.1) is 11.3 Å². The number of thioether (sulfide) groups is 1. The van der Waals surface area contributed by atoms with E-state index in [4.69, 9.17) is 0 Å². The van der Waals surface area contributed by atoms with Crippen molar-refractivity contribution in [2.45, 2.75) is 77.0 Å². The van der Waals surface area contributed by atoms with Crippen molar-refractivity contribution in [1.29, 1.82) is 0 Å². The third kappa shape index (κ3) is 6.41. The lowest BCUT2D eigenvalue weighted by Gasteiger charge is -2.29. The molecule has 1 aliphatic carbocycles. The minimum atomic E-state index is -0.366. The predicted octanol–water partition coefficient (Wildman–Crippen LogP) is 2.69. The summed E-state index contributed by atoms with van der Waals surface area (Å²) < 4.78 is 0. The van der Waals surface area contributed by atoms with E-state index in [1.165, 1.54) is 16.7 Å². The minimum Gasteiger partial charge on any atom is -0.300 e. The molecule has 1 heterocycles. The van der Waals surface area contributed by atoms with Crippen molar-refractivity contribution in [3.63, 3.8) is 0 Å². The highest BCUT2D eigenvalue weighted by molar-refractivity contribution is 8.00. The second-order valence-corrected chi connectivity index (χ2v) is 9.07. The first-order chi connectivity index (χ1) is 13.4. The number of hydrogen-bond donors (Lipinski definition) is 0. The van der Waals surface area contributed by atoms with Crippen LogP contribution in [-0.4, -0.2) is 69.9 Å². The molecule has 1 unspecified atom stereocenters. The highest BCUT2D eigenvalue weighted by Crippen LogP contribution is 2.34. The molecule has 0 aromatic heterocycles. The summed E-state index contributed by atoms with van der Waals surface area (Å²) in [4.78, 5) is 52.1. The van der Waals surface area contributed by atoms with Gasteiger partial charge in [-0.15, -0.1) is 11.8 Å². The first-order valence-corrected chi connectivity index (χ1v) is 11.7. The Balaban J connectivity index is 1.84. The van der Waals surface area contributed by atoms with Gasteiger partial charge in [-0.1, -0.05) is 20.3 Å². The molecule has 1 saturated carbocycles. The van der Waals surface area contributed by atoms with Crippen LogP contribution < -0.4 is 0 Å². The Morgan fingerprint density at radius 3 is 2.39 bits per heavy atom. The smallest absolute Gasteiger partial charge is 0.242 e. The highest BCUT2D eigenvalue weighted by atomic mass is 32.2. The number of carbonyl (C=O) groups excluding carboxylic acids is 4. The number of ketones is 2. The number of imide groups is 1. The number of rotatable bonds is 14. The first kappa shape index (κ1) is 23.1. The van der Waals surface area contributed by atoms with Crippen molar-refractivity contribution in [3.05, 3.63) is 0 Å². The second-order valence-electron chi connectivity index (χ2n) is 7.84. The molecule has 2 fully saturated rings. The average Bonchev–Trinajstić information content (AvgIpc) is 3.47. The largest absolute Gasteiger partial charge is 0.300 e. The van der Waals surface area contributed by atoms with E-state index in [1.54, 1.807) is 6.92 Å². The molecule has 158 valence electrons. The van der Waals surface area contributed by atoms with E-state index in [0.29, 0.717) is 24.5 Å². The van der Waals surface area contributed by atoms with Crippen molar-refractivity contribution < 1.29 is 19.2 Å². The molecule has 0 bridgehead atoms. The maximum absolute atomic E-state index is 12.7. The van der Waals surface area contributed by atoms with Gasteiger partial charge >= 0.3 is 0 Å². The summed E-state index contributed by atoms with van der Waals surface area (Å²) in [7, 11) is 0. The van der Waals surface area contributed by atoms with Crippen LogP contribution in [0.2, 0.25) is 0 Å². The van der Waals surface area contributed by atoms with E-state index in [0.717, 1.165) is 45.2 Å². The number of likely N-dealkylation sites (tertiary alicyclic amines) is 1. The Hall–Kier alpha value is -1.21. The fraction of sp³-hybridized carbons (Fsp3) is 0.810. The summed E-state index contributed by atoms with van der Waals surface area (Å²) in [5, 5.41) is -0.366. The van der Waals surface area contributed by atoms with Gasteiger partial charge in [-0.2, -0.15) is 0 Å². The van der Waals surface area contributed by atoms with E-state index in [2.05, 4.69) is 18.7 Å². The van der Waals surface area contributed by atoms with Crippen LogP contribution in [0.4, 0.5) is 0 Å². The predicted molar refractivity (Wildman–Crippen MR) is 111 cm³/mol. The molecule has 1 aliphatic heterocycles. The summed E-state index contributed by atoms with van der Waals surface area (Å²) >= 11 is 1.47.